The maximum Gasteiger partial charge on any atom is 0.309 e. The van der Waals surface area contributed by atoms with Crippen molar-refractivity contribution in [2.45, 2.75) is 51.4 Å². The Hall–Kier alpha value is -1.20. The number of esters is 1. The molecule has 0 aromatic rings. The molecule has 1 saturated carbocycles. The summed E-state index contributed by atoms with van der Waals surface area (Å²) < 4.78 is 5.61. The first-order chi connectivity index (χ1) is 9.42. The van der Waals surface area contributed by atoms with Gasteiger partial charge in [-0.1, -0.05) is 6.92 Å². The molecule has 3 heterocycles. The number of rotatable bonds is 0. The molecule has 1 spiro atoms. The van der Waals surface area contributed by atoms with Gasteiger partial charge in [-0.05, 0) is 38.3 Å². The number of hydrogen-bond acceptors (Lipinski definition) is 5. The highest BCUT2D eigenvalue weighted by Crippen LogP contribution is 2.61. The molecule has 0 aromatic heterocycles. The van der Waals surface area contributed by atoms with E-state index in [0.717, 1.165) is 12.0 Å². The third kappa shape index (κ3) is 1.10. The van der Waals surface area contributed by atoms with Gasteiger partial charge in [0.2, 0.25) is 0 Å². The van der Waals surface area contributed by atoms with Crippen LogP contribution in [0.3, 0.4) is 0 Å². The predicted molar refractivity (Wildman–Crippen MR) is 67.3 cm³/mol. The minimum atomic E-state index is -0.942. The van der Waals surface area contributed by atoms with Crippen LogP contribution in [0, 0.1) is 17.3 Å². The summed E-state index contributed by atoms with van der Waals surface area (Å²) in [7, 11) is 0. The van der Waals surface area contributed by atoms with Crippen LogP contribution in [0.5, 0.6) is 0 Å². The zero-order chi connectivity index (χ0) is 14.3. The highest BCUT2D eigenvalue weighted by Gasteiger charge is 2.73. The van der Waals surface area contributed by atoms with Crippen molar-refractivity contribution in [2.24, 2.45) is 17.3 Å². The molecule has 6 atom stereocenters. The summed E-state index contributed by atoms with van der Waals surface area (Å²) in [4.78, 5) is 35.5. The van der Waals surface area contributed by atoms with Crippen LogP contribution < -0.4 is 0 Å². The Morgan fingerprint density at radius 3 is 2.80 bits per heavy atom. The van der Waals surface area contributed by atoms with Gasteiger partial charge in [0, 0.05) is 5.92 Å². The molecule has 3 aliphatic heterocycles. The Bertz CT molecular complexity index is 552. The van der Waals surface area contributed by atoms with Gasteiger partial charge in [0.15, 0.2) is 17.5 Å². The minimum Gasteiger partial charge on any atom is -0.458 e. The maximum absolute atomic E-state index is 12.6. The molecular weight excluding hydrogens is 260 g/mol. The fourth-order valence-electron chi connectivity index (χ4n) is 4.61. The van der Waals surface area contributed by atoms with Gasteiger partial charge in [-0.3, -0.25) is 9.59 Å². The van der Waals surface area contributed by atoms with Gasteiger partial charge in [-0.2, -0.15) is 0 Å². The SMILES string of the molecule is CC1=C[C@@H]2OO[C@]13[C@H]1OC(=O)[C@@H](C)[C@@H]1CC[C@@]3(C)C2=O. The molecule has 0 N–H and O–H groups in total. The van der Waals surface area contributed by atoms with Gasteiger partial charge in [-0.25, -0.2) is 9.78 Å². The van der Waals surface area contributed by atoms with Crippen molar-refractivity contribution in [3.8, 4) is 0 Å². The van der Waals surface area contributed by atoms with Crippen LogP contribution in [0.1, 0.15) is 33.6 Å². The van der Waals surface area contributed by atoms with E-state index in [1.165, 1.54) is 0 Å². The molecule has 5 nitrogen and oxygen atoms in total. The fraction of sp³-hybridized carbons (Fsp3) is 0.733. The summed E-state index contributed by atoms with van der Waals surface area (Å²) in [6, 6.07) is 0. The first-order valence-electron chi connectivity index (χ1n) is 7.20. The van der Waals surface area contributed by atoms with Crippen molar-refractivity contribution in [1.29, 1.82) is 0 Å². The molecule has 108 valence electrons. The van der Waals surface area contributed by atoms with Crippen LogP contribution in [-0.4, -0.2) is 29.6 Å². The van der Waals surface area contributed by atoms with Crippen LogP contribution in [0.25, 0.3) is 0 Å². The standard InChI is InChI=1S/C15H18O5/c1-7-6-10-11(16)14(3)5-4-9-8(2)13(17)18-12(9)15(7,14)20-19-10/h6,8-10,12H,4-5H2,1-3H3/t8-,9-,10-,12-,14-,15-/m0/s1. The highest BCUT2D eigenvalue weighted by molar-refractivity contribution is 5.95. The number of Topliss-reactive ketones (excluding diaryl/α,β-unsaturated/α-hetero) is 1. The molecule has 0 unspecified atom stereocenters. The minimum absolute atomic E-state index is 0.0448. The lowest BCUT2D eigenvalue weighted by Gasteiger charge is -2.59. The van der Waals surface area contributed by atoms with Crippen LogP contribution in [0.2, 0.25) is 0 Å². The topological polar surface area (TPSA) is 61.8 Å². The van der Waals surface area contributed by atoms with Crippen LogP contribution in [0.4, 0.5) is 0 Å². The lowest BCUT2D eigenvalue weighted by atomic mass is 9.51. The van der Waals surface area contributed by atoms with E-state index < -0.39 is 23.2 Å². The molecule has 5 rings (SSSR count). The average Bonchev–Trinajstić information content (AvgIpc) is 2.70. The molecule has 5 heteroatoms. The van der Waals surface area contributed by atoms with Gasteiger partial charge in [-0.15, -0.1) is 0 Å². The second kappa shape index (κ2) is 3.52. The van der Waals surface area contributed by atoms with Crippen molar-refractivity contribution >= 4 is 11.8 Å². The first-order valence-corrected chi connectivity index (χ1v) is 7.20. The van der Waals surface area contributed by atoms with E-state index in [9.17, 15) is 9.59 Å². The van der Waals surface area contributed by atoms with E-state index in [1.54, 1.807) is 0 Å². The van der Waals surface area contributed by atoms with Gasteiger partial charge < -0.3 is 4.74 Å². The van der Waals surface area contributed by atoms with Crippen LogP contribution in [-0.2, 0) is 24.1 Å². The number of ether oxygens (including phenoxy) is 1. The number of ketones is 1. The van der Waals surface area contributed by atoms with Crippen LogP contribution in [0.15, 0.2) is 11.6 Å². The zero-order valence-corrected chi connectivity index (χ0v) is 11.8. The Labute approximate surface area is 117 Å². The second-order valence-electron chi connectivity index (χ2n) is 6.73. The summed E-state index contributed by atoms with van der Waals surface area (Å²) in [5, 5.41) is 0. The van der Waals surface area contributed by atoms with E-state index in [2.05, 4.69) is 0 Å². The number of fused-ring (bicyclic) bond motifs is 2. The molecule has 5 aliphatic rings. The molecule has 20 heavy (non-hydrogen) atoms. The first kappa shape index (κ1) is 12.5. The van der Waals surface area contributed by atoms with Crippen molar-refractivity contribution in [1.82, 2.24) is 0 Å². The Kier molecular flexibility index (Phi) is 2.20. The van der Waals surface area contributed by atoms with Crippen molar-refractivity contribution in [3.05, 3.63) is 11.6 Å². The van der Waals surface area contributed by atoms with Crippen molar-refractivity contribution in [3.63, 3.8) is 0 Å². The molecule has 2 aliphatic carbocycles. The summed E-state index contributed by atoms with van der Waals surface area (Å²) in [5.74, 6) is -0.214. The van der Waals surface area contributed by atoms with Gasteiger partial charge in [0.1, 0.15) is 6.10 Å². The molecule has 0 amide bonds. The Morgan fingerprint density at radius 2 is 2.10 bits per heavy atom. The Morgan fingerprint density at radius 1 is 1.35 bits per heavy atom. The lowest BCUT2D eigenvalue weighted by Crippen LogP contribution is -2.72. The monoisotopic (exact) mass is 278 g/mol. The molecular formula is C15H18O5. The molecule has 0 radical (unpaired) electrons. The highest BCUT2D eigenvalue weighted by atomic mass is 17.2. The molecule has 2 saturated heterocycles. The summed E-state index contributed by atoms with van der Waals surface area (Å²) in [6.07, 6.45) is 2.29. The number of carbonyl (C=O) groups is 2. The van der Waals surface area contributed by atoms with Gasteiger partial charge >= 0.3 is 5.97 Å². The van der Waals surface area contributed by atoms with E-state index in [4.69, 9.17) is 14.5 Å². The van der Waals surface area contributed by atoms with Crippen LogP contribution >= 0.6 is 0 Å². The summed E-state index contributed by atoms with van der Waals surface area (Å²) in [5.41, 5.74) is -0.657. The number of carbonyl (C=O) groups excluding carboxylic acids is 2. The Balaban J connectivity index is 1.91. The van der Waals surface area contributed by atoms with E-state index >= 15 is 0 Å². The number of hydrogen-bond donors (Lipinski definition) is 0. The molecule has 0 aromatic carbocycles. The third-order valence-electron chi connectivity index (χ3n) is 5.92. The van der Waals surface area contributed by atoms with Gasteiger partial charge in [0.25, 0.3) is 0 Å². The largest absolute Gasteiger partial charge is 0.458 e. The molecule has 3 fully saturated rings. The zero-order valence-electron chi connectivity index (χ0n) is 11.8. The van der Waals surface area contributed by atoms with E-state index in [1.807, 2.05) is 26.8 Å². The van der Waals surface area contributed by atoms with E-state index in [0.29, 0.717) is 6.42 Å². The maximum atomic E-state index is 12.6. The van der Waals surface area contributed by atoms with Crippen molar-refractivity contribution < 1.29 is 24.1 Å². The normalized spacial score (nSPS) is 53.2. The lowest BCUT2D eigenvalue weighted by molar-refractivity contribution is -0.427. The molecule has 2 bridgehead atoms. The predicted octanol–water partition coefficient (Wildman–Crippen LogP) is 1.56. The smallest absolute Gasteiger partial charge is 0.309 e. The summed E-state index contributed by atoms with van der Waals surface area (Å²) in [6.45, 7) is 5.76. The average molecular weight is 278 g/mol. The van der Waals surface area contributed by atoms with Gasteiger partial charge in [0.05, 0.1) is 11.3 Å². The second-order valence-corrected chi connectivity index (χ2v) is 6.73. The van der Waals surface area contributed by atoms with Crippen molar-refractivity contribution in [2.75, 3.05) is 0 Å². The quantitative estimate of drug-likeness (QED) is 0.382. The van der Waals surface area contributed by atoms with E-state index in [-0.39, 0.29) is 23.6 Å². The third-order valence-corrected chi connectivity index (χ3v) is 5.92. The summed E-state index contributed by atoms with van der Waals surface area (Å²) >= 11 is 0. The fourth-order valence-corrected chi connectivity index (χ4v) is 4.61.